The molecule has 4 nitrogen and oxygen atoms in total. The molecule has 1 aliphatic rings. The van der Waals surface area contributed by atoms with Gasteiger partial charge in [0.1, 0.15) is 0 Å². The molecule has 1 heterocycles. The minimum atomic E-state index is -3.19. The van der Waals surface area contributed by atoms with Gasteiger partial charge in [-0.1, -0.05) is 6.92 Å². The van der Waals surface area contributed by atoms with Gasteiger partial charge in [-0.25, -0.2) is 8.42 Å². The molecule has 5 heteroatoms. The lowest BCUT2D eigenvalue weighted by Crippen LogP contribution is -2.37. The van der Waals surface area contributed by atoms with E-state index in [9.17, 15) is 8.42 Å². The summed E-state index contributed by atoms with van der Waals surface area (Å²) in [6.45, 7) is 3.81. The lowest BCUT2D eigenvalue weighted by Gasteiger charge is -2.24. The summed E-state index contributed by atoms with van der Waals surface area (Å²) in [5, 5.41) is 0. The Kier molecular flexibility index (Phi) is 3.03. The van der Waals surface area contributed by atoms with Crippen LogP contribution >= 0.6 is 0 Å². The Morgan fingerprint density at radius 1 is 1.47 bits per heavy atom. The zero-order chi connectivity index (χ0) is 12.6. The van der Waals surface area contributed by atoms with Crippen molar-refractivity contribution in [3.8, 4) is 0 Å². The zero-order valence-electron chi connectivity index (χ0n) is 10.2. The van der Waals surface area contributed by atoms with Crippen LogP contribution in [0.15, 0.2) is 18.2 Å². The third-order valence-corrected chi connectivity index (χ3v) is 5.10. The van der Waals surface area contributed by atoms with Crippen molar-refractivity contribution < 1.29 is 8.42 Å². The molecule has 0 saturated carbocycles. The molecule has 1 atom stereocenters. The van der Waals surface area contributed by atoms with Gasteiger partial charge in [0, 0.05) is 11.7 Å². The van der Waals surface area contributed by atoms with Gasteiger partial charge in [-0.15, -0.1) is 0 Å². The first-order valence-electron chi connectivity index (χ1n) is 5.86. The molecule has 1 aromatic rings. The van der Waals surface area contributed by atoms with Crippen LogP contribution in [0, 0.1) is 0 Å². The van der Waals surface area contributed by atoms with E-state index in [1.807, 2.05) is 19.9 Å². The number of hydrogen-bond donors (Lipinski definition) is 1. The average molecular weight is 254 g/mol. The number of nitrogens with zero attached hydrogens (tertiary/aromatic N) is 1. The van der Waals surface area contributed by atoms with E-state index in [0.29, 0.717) is 12.1 Å². The lowest BCUT2D eigenvalue weighted by atomic mass is 10.1. The second-order valence-corrected chi connectivity index (χ2v) is 6.52. The van der Waals surface area contributed by atoms with Crippen LogP contribution in [0.2, 0.25) is 0 Å². The highest BCUT2D eigenvalue weighted by Crippen LogP contribution is 2.35. The van der Waals surface area contributed by atoms with Crippen LogP contribution in [0.5, 0.6) is 0 Å². The largest absolute Gasteiger partial charge is 0.399 e. The van der Waals surface area contributed by atoms with Gasteiger partial charge in [0.15, 0.2) is 0 Å². The molecule has 2 rings (SSSR count). The fourth-order valence-corrected chi connectivity index (χ4v) is 4.22. The van der Waals surface area contributed by atoms with Gasteiger partial charge in [-0.2, -0.15) is 0 Å². The number of fused-ring (bicyclic) bond motifs is 1. The maximum Gasteiger partial charge on any atom is 0.235 e. The van der Waals surface area contributed by atoms with E-state index < -0.39 is 10.0 Å². The fraction of sp³-hybridized carbons (Fsp3) is 0.500. The summed E-state index contributed by atoms with van der Waals surface area (Å²) in [5.41, 5.74) is 8.22. The second kappa shape index (κ2) is 4.22. The highest BCUT2D eigenvalue weighted by molar-refractivity contribution is 7.92. The highest BCUT2D eigenvalue weighted by Gasteiger charge is 2.34. The van der Waals surface area contributed by atoms with Crippen LogP contribution < -0.4 is 10.0 Å². The summed E-state index contributed by atoms with van der Waals surface area (Å²) in [4.78, 5) is 0. The van der Waals surface area contributed by atoms with Gasteiger partial charge in [-0.3, -0.25) is 4.31 Å². The third kappa shape index (κ3) is 2.11. The van der Waals surface area contributed by atoms with Crippen molar-refractivity contribution in [1.82, 2.24) is 0 Å². The Balaban J connectivity index is 2.45. The number of hydrogen-bond acceptors (Lipinski definition) is 3. The van der Waals surface area contributed by atoms with E-state index in [0.717, 1.165) is 17.7 Å². The first-order valence-corrected chi connectivity index (χ1v) is 7.47. The predicted molar refractivity (Wildman–Crippen MR) is 70.6 cm³/mol. The minimum absolute atomic E-state index is 0.0108. The minimum Gasteiger partial charge on any atom is -0.399 e. The van der Waals surface area contributed by atoms with Gasteiger partial charge in [-0.05, 0) is 43.5 Å². The van der Waals surface area contributed by atoms with E-state index in [-0.39, 0.29) is 11.8 Å². The van der Waals surface area contributed by atoms with Gasteiger partial charge in [0.05, 0.1) is 11.4 Å². The lowest BCUT2D eigenvalue weighted by molar-refractivity contribution is 0.583. The second-order valence-electron chi connectivity index (χ2n) is 4.55. The topological polar surface area (TPSA) is 63.4 Å². The van der Waals surface area contributed by atoms with E-state index in [1.54, 1.807) is 16.4 Å². The van der Waals surface area contributed by atoms with Gasteiger partial charge >= 0.3 is 0 Å². The van der Waals surface area contributed by atoms with Crippen molar-refractivity contribution in [2.24, 2.45) is 0 Å². The molecule has 1 unspecified atom stereocenters. The number of sulfonamides is 1. The maximum atomic E-state index is 12.2. The zero-order valence-corrected chi connectivity index (χ0v) is 11.0. The molecule has 0 aromatic heterocycles. The molecule has 0 spiro atoms. The predicted octanol–water partition coefficient (Wildman–Crippen LogP) is 1.76. The van der Waals surface area contributed by atoms with E-state index >= 15 is 0 Å². The Morgan fingerprint density at radius 2 is 2.18 bits per heavy atom. The first kappa shape index (κ1) is 12.2. The number of rotatable bonds is 3. The molecule has 0 radical (unpaired) electrons. The molecular formula is C12H18N2O2S. The summed E-state index contributed by atoms with van der Waals surface area (Å²) in [6.07, 6.45) is 1.37. The summed E-state index contributed by atoms with van der Waals surface area (Å²) in [5.74, 6) is 0.196. The van der Waals surface area contributed by atoms with Gasteiger partial charge < -0.3 is 5.73 Å². The maximum absolute atomic E-state index is 12.2. The standard InChI is InChI=1S/C12H18N2O2S/c1-3-6-17(15,16)14-9(2)7-10-8-11(13)4-5-12(10)14/h4-5,8-9H,3,6-7,13H2,1-2H3. The summed E-state index contributed by atoms with van der Waals surface area (Å²) < 4.78 is 25.9. The molecule has 1 aromatic carbocycles. The van der Waals surface area contributed by atoms with Crippen molar-refractivity contribution in [1.29, 1.82) is 0 Å². The number of nitrogen functional groups attached to an aromatic ring is 1. The van der Waals surface area contributed by atoms with Crippen LogP contribution in [-0.2, 0) is 16.4 Å². The molecule has 0 amide bonds. The molecule has 0 saturated heterocycles. The van der Waals surface area contributed by atoms with Gasteiger partial charge in [0.2, 0.25) is 10.0 Å². The molecular weight excluding hydrogens is 236 g/mol. The Bertz CT molecular complexity index is 525. The Morgan fingerprint density at radius 3 is 2.82 bits per heavy atom. The number of anilines is 2. The van der Waals surface area contributed by atoms with Crippen molar-refractivity contribution in [2.75, 3.05) is 15.8 Å². The van der Waals surface area contributed by atoms with Crippen LogP contribution in [0.25, 0.3) is 0 Å². The highest BCUT2D eigenvalue weighted by atomic mass is 32.2. The van der Waals surface area contributed by atoms with E-state index in [4.69, 9.17) is 5.73 Å². The van der Waals surface area contributed by atoms with Crippen LogP contribution in [0.4, 0.5) is 11.4 Å². The summed E-state index contributed by atoms with van der Waals surface area (Å²) in [6, 6.07) is 5.42. The molecule has 17 heavy (non-hydrogen) atoms. The van der Waals surface area contributed by atoms with Crippen molar-refractivity contribution >= 4 is 21.4 Å². The Hall–Kier alpha value is -1.23. The fourth-order valence-electron chi connectivity index (χ4n) is 2.40. The quantitative estimate of drug-likeness (QED) is 0.836. The molecule has 0 aliphatic carbocycles. The summed E-state index contributed by atoms with van der Waals surface area (Å²) >= 11 is 0. The summed E-state index contributed by atoms with van der Waals surface area (Å²) in [7, 11) is -3.19. The smallest absolute Gasteiger partial charge is 0.235 e. The van der Waals surface area contributed by atoms with Gasteiger partial charge in [0.25, 0.3) is 0 Å². The van der Waals surface area contributed by atoms with E-state index in [1.165, 1.54) is 0 Å². The monoisotopic (exact) mass is 254 g/mol. The normalized spacial score (nSPS) is 19.4. The van der Waals surface area contributed by atoms with Crippen molar-refractivity contribution in [2.45, 2.75) is 32.7 Å². The average Bonchev–Trinajstić information content (AvgIpc) is 2.53. The van der Waals surface area contributed by atoms with E-state index in [2.05, 4.69) is 0 Å². The van der Waals surface area contributed by atoms with Crippen molar-refractivity contribution in [3.63, 3.8) is 0 Å². The molecule has 1 aliphatic heterocycles. The molecule has 94 valence electrons. The SMILES string of the molecule is CCCS(=O)(=O)N1c2ccc(N)cc2CC1C. The number of nitrogens with two attached hydrogens (primary N) is 1. The van der Waals surface area contributed by atoms with Crippen LogP contribution in [0.3, 0.4) is 0 Å². The first-order chi connectivity index (χ1) is 7.95. The number of benzene rings is 1. The van der Waals surface area contributed by atoms with Crippen molar-refractivity contribution in [3.05, 3.63) is 23.8 Å². The molecule has 2 N–H and O–H groups in total. The Labute approximate surface area is 102 Å². The van der Waals surface area contributed by atoms with Crippen LogP contribution in [-0.4, -0.2) is 20.2 Å². The van der Waals surface area contributed by atoms with Crippen LogP contribution in [0.1, 0.15) is 25.8 Å². The molecule has 0 fully saturated rings. The molecule has 0 bridgehead atoms. The third-order valence-electron chi connectivity index (χ3n) is 3.02.